The maximum absolute atomic E-state index is 12.7. The molecule has 22 heavy (non-hydrogen) atoms. The van der Waals surface area contributed by atoms with Crippen LogP contribution in [0.4, 0.5) is 19.0 Å². The average molecular weight is 315 g/mol. The van der Waals surface area contributed by atoms with Gasteiger partial charge in [0.1, 0.15) is 16.9 Å². The molecule has 2 aliphatic heterocycles. The number of hydrogen-bond donors (Lipinski definition) is 2. The number of amides is 1. The minimum absolute atomic E-state index is 0.0256. The molecule has 0 aromatic carbocycles. The van der Waals surface area contributed by atoms with Gasteiger partial charge in [-0.2, -0.15) is 13.2 Å². The number of carbonyl (C=O) groups is 2. The van der Waals surface area contributed by atoms with Gasteiger partial charge in [0.2, 0.25) is 5.91 Å². The van der Waals surface area contributed by atoms with E-state index in [9.17, 15) is 27.9 Å². The van der Waals surface area contributed by atoms with Crippen LogP contribution in [0.25, 0.3) is 0 Å². The lowest BCUT2D eigenvalue weighted by atomic mass is 9.81. The lowest BCUT2D eigenvalue weighted by molar-refractivity contribution is -0.149. The fourth-order valence-corrected chi connectivity index (χ4v) is 3.02. The predicted molar refractivity (Wildman–Crippen MR) is 68.0 cm³/mol. The Labute approximate surface area is 122 Å². The van der Waals surface area contributed by atoms with Crippen molar-refractivity contribution in [3.05, 3.63) is 23.9 Å². The molecule has 1 amide bonds. The second-order valence-corrected chi connectivity index (χ2v) is 5.49. The summed E-state index contributed by atoms with van der Waals surface area (Å²) in [4.78, 5) is 28.3. The van der Waals surface area contributed by atoms with Gasteiger partial charge in [0.25, 0.3) is 0 Å². The summed E-state index contributed by atoms with van der Waals surface area (Å²) in [6.07, 6.45) is -4.58. The van der Waals surface area contributed by atoms with E-state index in [-0.39, 0.29) is 25.5 Å². The van der Waals surface area contributed by atoms with Crippen LogP contribution in [0.3, 0.4) is 0 Å². The summed E-state index contributed by atoms with van der Waals surface area (Å²) < 4.78 is 38.1. The molecule has 9 heteroatoms. The van der Waals surface area contributed by atoms with Crippen LogP contribution < -0.4 is 10.2 Å². The number of rotatable bonds is 2. The van der Waals surface area contributed by atoms with Crippen LogP contribution in [-0.2, 0) is 15.8 Å². The molecule has 2 fully saturated rings. The van der Waals surface area contributed by atoms with Crippen molar-refractivity contribution in [2.24, 2.45) is 11.3 Å². The summed E-state index contributed by atoms with van der Waals surface area (Å²) in [7, 11) is 0. The van der Waals surface area contributed by atoms with E-state index in [1.165, 1.54) is 17.0 Å². The smallest absolute Gasteiger partial charge is 0.433 e. The second-order valence-electron chi connectivity index (χ2n) is 5.49. The molecule has 3 heterocycles. The molecule has 6 nitrogen and oxygen atoms in total. The number of nitrogens with zero attached hydrogens (tertiary/aromatic N) is 2. The first kappa shape index (κ1) is 14.6. The fourth-order valence-electron chi connectivity index (χ4n) is 3.02. The van der Waals surface area contributed by atoms with E-state index in [1.54, 1.807) is 0 Å². The molecule has 2 saturated heterocycles. The maximum atomic E-state index is 12.7. The SMILES string of the molecule is O=C1NC[C@]2(C(=O)O)CN(c3cccc(C(F)(F)F)n3)C[C@H]12. The molecule has 2 N–H and O–H groups in total. The van der Waals surface area contributed by atoms with Gasteiger partial charge in [0.05, 0.1) is 5.92 Å². The Bertz CT molecular complexity index is 649. The summed E-state index contributed by atoms with van der Waals surface area (Å²) in [5.74, 6) is -2.29. The molecule has 0 spiro atoms. The topological polar surface area (TPSA) is 82.5 Å². The summed E-state index contributed by atoms with van der Waals surface area (Å²) >= 11 is 0. The zero-order valence-corrected chi connectivity index (χ0v) is 11.2. The van der Waals surface area contributed by atoms with Gasteiger partial charge in [0.15, 0.2) is 0 Å². The number of aliphatic carboxylic acids is 1. The number of aromatic nitrogens is 1. The lowest BCUT2D eigenvalue weighted by Gasteiger charge is -2.23. The van der Waals surface area contributed by atoms with Crippen LogP contribution >= 0.6 is 0 Å². The minimum Gasteiger partial charge on any atom is -0.481 e. The number of nitrogens with one attached hydrogen (secondary N) is 1. The highest BCUT2D eigenvalue weighted by Crippen LogP contribution is 2.41. The normalized spacial score (nSPS) is 27.7. The third kappa shape index (κ3) is 2.08. The van der Waals surface area contributed by atoms with Crippen molar-refractivity contribution in [1.29, 1.82) is 0 Å². The molecule has 3 rings (SSSR count). The summed E-state index contributed by atoms with van der Waals surface area (Å²) in [6.45, 7) is -0.0478. The summed E-state index contributed by atoms with van der Waals surface area (Å²) in [5.41, 5.74) is -2.36. The highest BCUT2D eigenvalue weighted by atomic mass is 19.4. The standard InChI is InChI=1S/C13H12F3N3O3/c14-13(15,16)8-2-1-3-9(18-8)19-4-7-10(20)17-5-12(7,6-19)11(21)22/h1-3,7H,4-6H2,(H,17,20)(H,21,22)/t7-,12+/m1/s1. The van der Waals surface area contributed by atoms with E-state index in [0.29, 0.717) is 0 Å². The van der Waals surface area contributed by atoms with Gasteiger partial charge in [-0.3, -0.25) is 9.59 Å². The molecule has 1 aromatic heterocycles. The van der Waals surface area contributed by atoms with Crippen molar-refractivity contribution < 1.29 is 27.9 Å². The van der Waals surface area contributed by atoms with Crippen molar-refractivity contribution in [3.8, 4) is 0 Å². The molecule has 1 aromatic rings. The molecule has 0 bridgehead atoms. The first-order chi connectivity index (χ1) is 10.2. The first-order valence-electron chi connectivity index (χ1n) is 6.54. The van der Waals surface area contributed by atoms with Gasteiger partial charge in [-0.1, -0.05) is 6.07 Å². The van der Waals surface area contributed by atoms with E-state index in [4.69, 9.17) is 0 Å². The van der Waals surface area contributed by atoms with Crippen LogP contribution in [-0.4, -0.2) is 41.6 Å². The van der Waals surface area contributed by atoms with Crippen molar-refractivity contribution in [3.63, 3.8) is 0 Å². The van der Waals surface area contributed by atoms with Crippen LogP contribution in [0.1, 0.15) is 5.69 Å². The van der Waals surface area contributed by atoms with E-state index >= 15 is 0 Å². The molecule has 0 saturated carbocycles. The van der Waals surface area contributed by atoms with Crippen LogP contribution in [0.5, 0.6) is 0 Å². The molecular formula is C13H12F3N3O3. The number of fused-ring (bicyclic) bond motifs is 1. The van der Waals surface area contributed by atoms with E-state index in [0.717, 1.165) is 6.07 Å². The zero-order valence-electron chi connectivity index (χ0n) is 11.2. The molecule has 0 radical (unpaired) electrons. The van der Waals surface area contributed by atoms with E-state index in [2.05, 4.69) is 10.3 Å². The number of anilines is 1. The highest BCUT2D eigenvalue weighted by Gasteiger charge is 2.59. The largest absolute Gasteiger partial charge is 0.481 e. The Morgan fingerprint density at radius 3 is 2.77 bits per heavy atom. The maximum Gasteiger partial charge on any atom is 0.433 e. The average Bonchev–Trinajstić information content (AvgIpc) is 2.97. The Balaban J connectivity index is 1.93. The van der Waals surface area contributed by atoms with Crippen LogP contribution in [0.2, 0.25) is 0 Å². The van der Waals surface area contributed by atoms with Gasteiger partial charge in [0, 0.05) is 19.6 Å². The third-order valence-electron chi connectivity index (χ3n) is 4.21. The van der Waals surface area contributed by atoms with Crippen molar-refractivity contribution in [2.45, 2.75) is 6.18 Å². The van der Waals surface area contributed by atoms with Crippen molar-refractivity contribution in [2.75, 3.05) is 24.5 Å². The number of pyridine rings is 1. The molecule has 0 aliphatic carbocycles. The van der Waals surface area contributed by atoms with Crippen LogP contribution in [0, 0.1) is 11.3 Å². The summed E-state index contributed by atoms with van der Waals surface area (Å²) in [6, 6.07) is 3.44. The number of carboxylic acids is 1. The monoisotopic (exact) mass is 315 g/mol. The molecule has 0 unspecified atom stereocenters. The molecule has 2 atom stereocenters. The minimum atomic E-state index is -4.58. The zero-order chi connectivity index (χ0) is 16.1. The first-order valence-corrected chi connectivity index (χ1v) is 6.54. The lowest BCUT2D eigenvalue weighted by Crippen LogP contribution is -2.40. The Morgan fingerprint density at radius 1 is 1.45 bits per heavy atom. The molecule has 2 aliphatic rings. The van der Waals surface area contributed by atoms with Gasteiger partial charge in [-0.15, -0.1) is 0 Å². The van der Waals surface area contributed by atoms with E-state index in [1.807, 2.05) is 0 Å². The highest BCUT2D eigenvalue weighted by molar-refractivity contribution is 5.93. The number of halogens is 3. The Kier molecular flexibility index (Phi) is 3.05. The number of carboxylic acid groups (broad SMARTS) is 1. The summed E-state index contributed by atoms with van der Waals surface area (Å²) in [5, 5.41) is 11.9. The van der Waals surface area contributed by atoms with Gasteiger partial charge in [-0.25, -0.2) is 4.98 Å². The van der Waals surface area contributed by atoms with Gasteiger partial charge < -0.3 is 15.3 Å². The number of carbonyl (C=O) groups excluding carboxylic acids is 1. The van der Waals surface area contributed by atoms with Gasteiger partial charge in [-0.05, 0) is 12.1 Å². The fraction of sp³-hybridized carbons (Fsp3) is 0.462. The van der Waals surface area contributed by atoms with Crippen molar-refractivity contribution in [1.82, 2.24) is 10.3 Å². The molecular weight excluding hydrogens is 303 g/mol. The third-order valence-corrected chi connectivity index (χ3v) is 4.21. The second kappa shape index (κ2) is 4.59. The van der Waals surface area contributed by atoms with Crippen LogP contribution in [0.15, 0.2) is 18.2 Å². The van der Waals surface area contributed by atoms with E-state index < -0.39 is 35.1 Å². The Morgan fingerprint density at radius 2 is 2.18 bits per heavy atom. The Hall–Kier alpha value is -2.32. The number of hydrogen-bond acceptors (Lipinski definition) is 4. The predicted octanol–water partition coefficient (Wildman–Crippen LogP) is 0.737. The number of alkyl halides is 3. The quantitative estimate of drug-likeness (QED) is 0.841. The molecule has 118 valence electrons. The van der Waals surface area contributed by atoms with Gasteiger partial charge >= 0.3 is 12.1 Å². The van der Waals surface area contributed by atoms with Crippen molar-refractivity contribution >= 4 is 17.7 Å².